The van der Waals surface area contributed by atoms with Gasteiger partial charge in [0.25, 0.3) is 5.56 Å². The SMILES string of the molecule is CCn1c(=S)[nH]c2c(C)c(Br)ccc2c1=O. The van der Waals surface area contributed by atoms with Gasteiger partial charge in [0.2, 0.25) is 0 Å². The first-order valence-corrected chi connectivity index (χ1v) is 6.18. The van der Waals surface area contributed by atoms with Gasteiger partial charge in [0.1, 0.15) is 0 Å². The smallest absolute Gasteiger partial charge is 0.262 e. The summed E-state index contributed by atoms with van der Waals surface area (Å²) in [5, 5.41) is 0.677. The summed E-state index contributed by atoms with van der Waals surface area (Å²) in [6, 6.07) is 3.70. The maximum atomic E-state index is 12.1. The molecule has 0 unspecified atom stereocenters. The highest BCUT2D eigenvalue weighted by molar-refractivity contribution is 9.10. The Hall–Kier alpha value is -0.940. The lowest BCUT2D eigenvalue weighted by atomic mass is 10.1. The predicted molar refractivity (Wildman–Crippen MR) is 71.5 cm³/mol. The minimum atomic E-state index is -0.0307. The summed E-state index contributed by atoms with van der Waals surface area (Å²) >= 11 is 8.60. The normalized spacial score (nSPS) is 10.9. The number of benzene rings is 1. The minimum absolute atomic E-state index is 0.0307. The molecule has 16 heavy (non-hydrogen) atoms. The van der Waals surface area contributed by atoms with Crippen LogP contribution in [-0.2, 0) is 6.54 Å². The van der Waals surface area contributed by atoms with Gasteiger partial charge in [-0.2, -0.15) is 0 Å². The number of rotatable bonds is 1. The Morgan fingerprint density at radius 3 is 2.81 bits per heavy atom. The lowest BCUT2D eigenvalue weighted by Crippen LogP contribution is -2.21. The first-order chi connectivity index (χ1) is 7.56. The molecule has 84 valence electrons. The molecule has 0 atom stereocenters. The molecule has 1 heterocycles. The van der Waals surface area contributed by atoms with Gasteiger partial charge in [-0.05, 0) is 43.8 Å². The van der Waals surface area contributed by atoms with Gasteiger partial charge in [0, 0.05) is 11.0 Å². The van der Waals surface area contributed by atoms with Gasteiger partial charge in [0.05, 0.1) is 10.9 Å². The molecule has 0 bridgehead atoms. The molecule has 0 saturated heterocycles. The average Bonchev–Trinajstić information content (AvgIpc) is 2.25. The molecule has 1 N–H and O–H groups in total. The van der Waals surface area contributed by atoms with Crippen molar-refractivity contribution in [3.63, 3.8) is 0 Å². The Balaban J connectivity index is 3.05. The number of aryl methyl sites for hydroxylation is 1. The third kappa shape index (κ3) is 1.64. The van der Waals surface area contributed by atoms with Crippen LogP contribution in [0.4, 0.5) is 0 Å². The van der Waals surface area contributed by atoms with Crippen molar-refractivity contribution < 1.29 is 0 Å². The second kappa shape index (κ2) is 4.14. The number of aromatic nitrogens is 2. The number of nitrogens with one attached hydrogen (secondary N) is 1. The number of fused-ring (bicyclic) bond motifs is 1. The zero-order valence-electron chi connectivity index (χ0n) is 9.00. The Morgan fingerprint density at radius 2 is 2.19 bits per heavy atom. The summed E-state index contributed by atoms with van der Waals surface area (Å²) in [6.45, 7) is 4.44. The van der Waals surface area contributed by atoms with Crippen molar-refractivity contribution in [2.24, 2.45) is 0 Å². The van der Waals surface area contributed by atoms with E-state index in [0.29, 0.717) is 16.7 Å². The quantitative estimate of drug-likeness (QED) is 0.821. The molecular formula is C11H11BrN2OS. The van der Waals surface area contributed by atoms with Gasteiger partial charge < -0.3 is 4.98 Å². The van der Waals surface area contributed by atoms with Gasteiger partial charge in [-0.25, -0.2) is 0 Å². The van der Waals surface area contributed by atoms with Crippen molar-refractivity contribution in [2.45, 2.75) is 20.4 Å². The van der Waals surface area contributed by atoms with Crippen molar-refractivity contribution >= 4 is 39.1 Å². The number of nitrogens with zero attached hydrogens (tertiary/aromatic N) is 1. The van der Waals surface area contributed by atoms with Crippen molar-refractivity contribution in [3.05, 3.63) is 37.3 Å². The summed E-state index contributed by atoms with van der Waals surface area (Å²) in [5.74, 6) is 0. The molecule has 1 aromatic heterocycles. The third-order valence-corrected chi connectivity index (χ3v) is 3.85. The molecule has 5 heteroatoms. The van der Waals surface area contributed by atoms with E-state index in [-0.39, 0.29) is 5.56 Å². The van der Waals surface area contributed by atoms with E-state index in [1.807, 2.05) is 26.0 Å². The van der Waals surface area contributed by atoms with Crippen LogP contribution in [0.3, 0.4) is 0 Å². The molecule has 0 radical (unpaired) electrons. The maximum absolute atomic E-state index is 12.1. The summed E-state index contributed by atoms with van der Waals surface area (Å²) in [7, 11) is 0. The molecule has 0 fully saturated rings. The van der Waals surface area contributed by atoms with E-state index in [9.17, 15) is 4.79 Å². The molecule has 1 aromatic carbocycles. The van der Waals surface area contributed by atoms with Crippen LogP contribution >= 0.6 is 28.1 Å². The first kappa shape index (κ1) is 11.5. The van der Waals surface area contributed by atoms with E-state index >= 15 is 0 Å². The van der Waals surface area contributed by atoms with Crippen LogP contribution < -0.4 is 5.56 Å². The zero-order chi connectivity index (χ0) is 11.9. The lowest BCUT2D eigenvalue weighted by Gasteiger charge is -2.08. The highest BCUT2D eigenvalue weighted by atomic mass is 79.9. The maximum Gasteiger partial charge on any atom is 0.262 e. The van der Waals surface area contributed by atoms with Crippen molar-refractivity contribution in [3.8, 4) is 0 Å². The van der Waals surface area contributed by atoms with Gasteiger partial charge in [-0.15, -0.1) is 0 Å². The summed E-state index contributed by atoms with van der Waals surface area (Å²) < 4.78 is 3.01. The van der Waals surface area contributed by atoms with Crippen LogP contribution in [0.2, 0.25) is 0 Å². The number of aromatic amines is 1. The van der Waals surface area contributed by atoms with Gasteiger partial charge in [0.15, 0.2) is 4.77 Å². The van der Waals surface area contributed by atoms with Gasteiger partial charge in [-0.3, -0.25) is 9.36 Å². The first-order valence-electron chi connectivity index (χ1n) is 4.98. The zero-order valence-corrected chi connectivity index (χ0v) is 11.4. The molecule has 0 saturated carbocycles. The monoisotopic (exact) mass is 298 g/mol. The molecule has 2 aromatic rings. The van der Waals surface area contributed by atoms with Crippen LogP contribution in [-0.4, -0.2) is 9.55 Å². The summed E-state index contributed by atoms with van der Waals surface area (Å²) in [6.07, 6.45) is 0. The molecule has 0 aliphatic rings. The van der Waals surface area contributed by atoms with E-state index in [0.717, 1.165) is 15.6 Å². The topological polar surface area (TPSA) is 37.8 Å². The van der Waals surface area contributed by atoms with E-state index in [4.69, 9.17) is 12.2 Å². The van der Waals surface area contributed by atoms with E-state index in [2.05, 4.69) is 20.9 Å². The minimum Gasteiger partial charge on any atom is -0.331 e. The Bertz CT molecular complexity index is 672. The second-order valence-electron chi connectivity index (χ2n) is 3.57. The number of hydrogen-bond donors (Lipinski definition) is 1. The van der Waals surface area contributed by atoms with E-state index < -0.39 is 0 Å². The molecule has 0 amide bonds. The highest BCUT2D eigenvalue weighted by Crippen LogP contribution is 2.22. The van der Waals surface area contributed by atoms with E-state index in [1.54, 1.807) is 4.57 Å². The van der Waals surface area contributed by atoms with Crippen LogP contribution in [0.5, 0.6) is 0 Å². The van der Waals surface area contributed by atoms with Gasteiger partial charge in [-0.1, -0.05) is 15.9 Å². The van der Waals surface area contributed by atoms with Crippen LogP contribution in [0.15, 0.2) is 21.4 Å². The Kier molecular flexibility index (Phi) is 2.99. The fourth-order valence-electron chi connectivity index (χ4n) is 1.72. The van der Waals surface area contributed by atoms with Crippen LogP contribution in [0.25, 0.3) is 10.9 Å². The van der Waals surface area contributed by atoms with Crippen molar-refractivity contribution in [1.29, 1.82) is 0 Å². The highest BCUT2D eigenvalue weighted by Gasteiger charge is 2.07. The van der Waals surface area contributed by atoms with Gasteiger partial charge >= 0.3 is 0 Å². The summed E-state index contributed by atoms with van der Waals surface area (Å²) in [4.78, 5) is 15.2. The fraction of sp³-hybridized carbons (Fsp3) is 0.273. The standard InChI is InChI=1S/C11H11BrN2OS/c1-3-14-10(15)7-4-5-8(12)6(2)9(7)13-11(14)16/h4-5H,3H2,1-2H3,(H,13,16). The number of halogens is 1. The molecule has 0 aliphatic heterocycles. The largest absolute Gasteiger partial charge is 0.331 e. The van der Waals surface area contributed by atoms with E-state index in [1.165, 1.54) is 0 Å². The Morgan fingerprint density at radius 1 is 1.50 bits per heavy atom. The predicted octanol–water partition coefficient (Wildman–Crippen LogP) is 3.15. The summed E-state index contributed by atoms with van der Waals surface area (Å²) in [5.41, 5.74) is 1.79. The average molecular weight is 299 g/mol. The molecular weight excluding hydrogens is 288 g/mol. The number of hydrogen-bond acceptors (Lipinski definition) is 2. The fourth-order valence-corrected chi connectivity index (χ4v) is 2.37. The van der Waals surface area contributed by atoms with Crippen LogP contribution in [0.1, 0.15) is 12.5 Å². The number of H-pyrrole nitrogens is 1. The molecule has 2 rings (SSSR count). The van der Waals surface area contributed by atoms with Crippen molar-refractivity contribution in [2.75, 3.05) is 0 Å². The second-order valence-corrected chi connectivity index (χ2v) is 4.82. The molecule has 0 spiro atoms. The molecule has 0 aliphatic carbocycles. The lowest BCUT2D eigenvalue weighted by molar-refractivity contribution is 0.704. The van der Waals surface area contributed by atoms with Crippen LogP contribution in [0, 0.1) is 11.7 Å². The molecule has 3 nitrogen and oxygen atoms in total. The van der Waals surface area contributed by atoms with Crippen molar-refractivity contribution in [1.82, 2.24) is 9.55 Å². The third-order valence-electron chi connectivity index (χ3n) is 2.67. The Labute approximate surface area is 106 Å².